The number of likely N-dealkylation sites (tertiary alicyclic amines) is 1. The summed E-state index contributed by atoms with van der Waals surface area (Å²) in [4.78, 5) is 36.1. The summed E-state index contributed by atoms with van der Waals surface area (Å²) in [7, 11) is 1.33. The number of amides is 1. The maximum Gasteiger partial charge on any atom is 0.339 e. The second-order valence-corrected chi connectivity index (χ2v) is 6.56. The molecule has 1 aromatic heterocycles. The van der Waals surface area contributed by atoms with Crippen LogP contribution in [0.15, 0.2) is 24.4 Å². The lowest BCUT2D eigenvalue weighted by molar-refractivity contribution is -0.385. The van der Waals surface area contributed by atoms with Crippen LogP contribution in [0.25, 0.3) is 0 Å². The van der Waals surface area contributed by atoms with Crippen LogP contribution in [0, 0.1) is 17.0 Å². The van der Waals surface area contributed by atoms with Gasteiger partial charge in [-0.15, -0.1) is 0 Å². The Morgan fingerprint density at radius 1 is 1.32 bits per heavy atom. The number of piperidine rings is 1. The van der Waals surface area contributed by atoms with Crippen molar-refractivity contribution in [3.05, 3.63) is 51.3 Å². The molecular formula is C18H20N4O6. The van der Waals surface area contributed by atoms with Gasteiger partial charge in [0.15, 0.2) is 5.75 Å². The Kier molecular flexibility index (Phi) is 5.30. The van der Waals surface area contributed by atoms with Crippen LogP contribution < -0.4 is 4.74 Å². The minimum Gasteiger partial charge on any atom is -0.490 e. The molecule has 1 fully saturated rings. The molecule has 2 heterocycles. The van der Waals surface area contributed by atoms with E-state index in [0.717, 1.165) is 0 Å². The highest BCUT2D eigenvalue weighted by Gasteiger charge is 2.28. The van der Waals surface area contributed by atoms with Gasteiger partial charge in [-0.2, -0.15) is 5.10 Å². The molecule has 10 heteroatoms. The van der Waals surface area contributed by atoms with E-state index in [1.54, 1.807) is 16.5 Å². The minimum atomic E-state index is -1.02. The van der Waals surface area contributed by atoms with Gasteiger partial charge in [0.1, 0.15) is 5.56 Å². The van der Waals surface area contributed by atoms with Crippen LogP contribution in [0.1, 0.15) is 45.3 Å². The number of hydrogen-bond acceptors (Lipinski definition) is 6. The van der Waals surface area contributed by atoms with Crippen molar-refractivity contribution in [3.63, 3.8) is 0 Å². The molecule has 1 N–H and O–H groups in total. The lowest BCUT2D eigenvalue weighted by atomic mass is 10.0. The fourth-order valence-corrected chi connectivity index (χ4v) is 3.46. The van der Waals surface area contributed by atoms with Gasteiger partial charge in [0.05, 0.1) is 30.0 Å². The van der Waals surface area contributed by atoms with Crippen molar-refractivity contribution >= 4 is 17.6 Å². The predicted molar refractivity (Wildman–Crippen MR) is 97.7 cm³/mol. The number of nitro benzene ring substituents is 1. The van der Waals surface area contributed by atoms with Gasteiger partial charge in [-0.1, -0.05) is 0 Å². The Balaban J connectivity index is 1.71. The number of aromatic carboxylic acids is 1. The normalized spacial score (nSPS) is 14.7. The van der Waals surface area contributed by atoms with E-state index >= 15 is 0 Å². The molecule has 0 radical (unpaired) electrons. The Hall–Kier alpha value is -3.43. The van der Waals surface area contributed by atoms with E-state index in [4.69, 9.17) is 9.84 Å². The van der Waals surface area contributed by atoms with Crippen LogP contribution in [0.4, 0.5) is 5.69 Å². The smallest absolute Gasteiger partial charge is 0.339 e. The Labute approximate surface area is 160 Å². The Morgan fingerprint density at radius 3 is 2.54 bits per heavy atom. The summed E-state index contributed by atoms with van der Waals surface area (Å²) in [5, 5.41) is 24.5. The first kappa shape index (κ1) is 19.3. The minimum absolute atomic E-state index is 0.00218. The number of carboxylic acids is 1. The molecule has 3 rings (SSSR count). The molecule has 28 heavy (non-hydrogen) atoms. The first-order valence-electron chi connectivity index (χ1n) is 8.72. The predicted octanol–water partition coefficient (Wildman–Crippen LogP) is 2.28. The number of aromatic nitrogens is 2. The fourth-order valence-electron chi connectivity index (χ4n) is 3.46. The van der Waals surface area contributed by atoms with E-state index < -0.39 is 10.9 Å². The van der Waals surface area contributed by atoms with Crippen molar-refractivity contribution in [2.24, 2.45) is 0 Å². The maximum atomic E-state index is 12.7. The van der Waals surface area contributed by atoms with Crippen LogP contribution >= 0.6 is 0 Å². The van der Waals surface area contributed by atoms with Crippen molar-refractivity contribution in [1.82, 2.24) is 14.7 Å². The zero-order chi connectivity index (χ0) is 20.4. The zero-order valence-corrected chi connectivity index (χ0v) is 15.5. The quantitative estimate of drug-likeness (QED) is 0.615. The van der Waals surface area contributed by atoms with E-state index in [-0.39, 0.29) is 34.5 Å². The van der Waals surface area contributed by atoms with Gasteiger partial charge in [-0.3, -0.25) is 19.6 Å². The topological polar surface area (TPSA) is 128 Å². The average Bonchev–Trinajstić information content (AvgIpc) is 3.08. The second kappa shape index (κ2) is 7.67. The molecule has 0 saturated carbocycles. The molecule has 1 aliphatic heterocycles. The highest BCUT2D eigenvalue weighted by molar-refractivity contribution is 5.95. The molecule has 0 spiro atoms. The van der Waals surface area contributed by atoms with Gasteiger partial charge in [-0.05, 0) is 31.9 Å². The number of rotatable bonds is 5. The third-order valence-corrected chi connectivity index (χ3v) is 5.00. The molecule has 1 aliphatic rings. The summed E-state index contributed by atoms with van der Waals surface area (Å²) >= 11 is 0. The number of nitro groups is 1. The lowest BCUT2D eigenvalue weighted by Crippen LogP contribution is -2.39. The monoisotopic (exact) mass is 388 g/mol. The van der Waals surface area contributed by atoms with E-state index in [0.29, 0.717) is 31.6 Å². The van der Waals surface area contributed by atoms with Crippen LogP contribution in [0.2, 0.25) is 0 Å². The lowest BCUT2D eigenvalue weighted by Gasteiger charge is -2.32. The third-order valence-electron chi connectivity index (χ3n) is 5.00. The molecule has 0 aliphatic carbocycles. The van der Waals surface area contributed by atoms with Gasteiger partial charge in [0, 0.05) is 24.7 Å². The van der Waals surface area contributed by atoms with Gasteiger partial charge in [0.25, 0.3) is 5.91 Å². The molecule has 2 aromatic rings. The van der Waals surface area contributed by atoms with E-state index in [1.807, 2.05) is 0 Å². The number of ether oxygens (including phenoxy) is 1. The molecule has 10 nitrogen and oxygen atoms in total. The second-order valence-electron chi connectivity index (χ2n) is 6.56. The van der Waals surface area contributed by atoms with Gasteiger partial charge in [0.2, 0.25) is 0 Å². The van der Waals surface area contributed by atoms with Gasteiger partial charge >= 0.3 is 11.7 Å². The zero-order valence-electron chi connectivity index (χ0n) is 15.5. The SMILES string of the molecule is COc1ccc(C(=O)N2CCC(n3ncc(C(=O)O)c3C)CC2)cc1[N+](=O)[O-]. The van der Waals surface area contributed by atoms with Gasteiger partial charge < -0.3 is 14.7 Å². The average molecular weight is 388 g/mol. The fraction of sp³-hybridized carbons (Fsp3) is 0.389. The molecule has 0 unspecified atom stereocenters. The number of carbonyl (C=O) groups is 2. The Bertz CT molecular complexity index is 930. The summed E-state index contributed by atoms with van der Waals surface area (Å²) in [5.74, 6) is -1.20. The van der Waals surface area contributed by atoms with Crippen molar-refractivity contribution < 1.29 is 24.4 Å². The third kappa shape index (κ3) is 3.53. The van der Waals surface area contributed by atoms with E-state index in [1.165, 1.54) is 31.5 Å². The molecule has 0 bridgehead atoms. The van der Waals surface area contributed by atoms with E-state index in [9.17, 15) is 19.7 Å². The Morgan fingerprint density at radius 2 is 2.00 bits per heavy atom. The van der Waals surface area contributed by atoms with Crippen molar-refractivity contribution in [2.75, 3.05) is 20.2 Å². The van der Waals surface area contributed by atoms with Crippen LogP contribution in [-0.4, -0.2) is 56.8 Å². The van der Waals surface area contributed by atoms with Crippen molar-refractivity contribution in [1.29, 1.82) is 0 Å². The van der Waals surface area contributed by atoms with Crippen LogP contribution in [-0.2, 0) is 0 Å². The molecular weight excluding hydrogens is 368 g/mol. The summed E-state index contributed by atoms with van der Waals surface area (Å²) in [6.45, 7) is 2.61. The van der Waals surface area contributed by atoms with Crippen LogP contribution in [0.3, 0.4) is 0 Å². The maximum absolute atomic E-state index is 12.7. The molecule has 1 aromatic carbocycles. The number of nitrogens with zero attached hydrogens (tertiary/aromatic N) is 4. The largest absolute Gasteiger partial charge is 0.490 e. The first-order chi connectivity index (χ1) is 13.3. The summed E-state index contributed by atoms with van der Waals surface area (Å²) in [6, 6.07) is 4.15. The van der Waals surface area contributed by atoms with Crippen molar-refractivity contribution in [2.45, 2.75) is 25.8 Å². The number of benzene rings is 1. The molecule has 0 atom stereocenters. The van der Waals surface area contributed by atoms with Crippen molar-refractivity contribution in [3.8, 4) is 5.75 Å². The number of hydrogen-bond donors (Lipinski definition) is 1. The summed E-state index contributed by atoms with van der Waals surface area (Å²) in [6.07, 6.45) is 2.57. The summed E-state index contributed by atoms with van der Waals surface area (Å²) < 4.78 is 6.66. The van der Waals surface area contributed by atoms with Crippen LogP contribution in [0.5, 0.6) is 5.75 Å². The highest BCUT2D eigenvalue weighted by atomic mass is 16.6. The number of methoxy groups -OCH3 is 1. The standard InChI is InChI=1S/C18H20N4O6/c1-11-14(18(24)25)10-19-21(11)13-5-7-20(8-6-13)17(23)12-3-4-16(28-2)15(9-12)22(26)27/h3-4,9-10,13H,5-8H2,1-2H3,(H,24,25). The number of carboxylic acid groups (broad SMARTS) is 1. The summed E-state index contributed by atoms with van der Waals surface area (Å²) in [5.41, 5.74) is 0.734. The first-order valence-corrected chi connectivity index (χ1v) is 8.72. The molecule has 148 valence electrons. The molecule has 1 amide bonds. The molecule has 1 saturated heterocycles. The van der Waals surface area contributed by atoms with E-state index in [2.05, 4.69) is 5.10 Å². The highest BCUT2D eigenvalue weighted by Crippen LogP contribution is 2.30. The van der Waals surface area contributed by atoms with Gasteiger partial charge in [-0.25, -0.2) is 4.79 Å². The number of carbonyl (C=O) groups excluding carboxylic acids is 1.